The van der Waals surface area contributed by atoms with E-state index in [-0.39, 0.29) is 18.9 Å². The normalized spacial score (nSPS) is 11.0. The first-order valence-corrected chi connectivity index (χ1v) is 10.2. The zero-order valence-electron chi connectivity index (χ0n) is 15.2. The van der Waals surface area contributed by atoms with Crippen LogP contribution in [0.1, 0.15) is 18.9 Å². The summed E-state index contributed by atoms with van der Waals surface area (Å²) in [4.78, 5) is 12.3. The number of rotatable bonds is 8. The Morgan fingerprint density at radius 3 is 2.54 bits per heavy atom. The number of anilines is 2. The van der Waals surface area contributed by atoms with Gasteiger partial charge >= 0.3 is 0 Å². The number of methoxy groups -OCH3 is 1. The first-order valence-electron chi connectivity index (χ1n) is 8.34. The Bertz CT molecular complexity index is 865. The summed E-state index contributed by atoms with van der Waals surface area (Å²) in [6.07, 6.45) is 1.90. The number of nitrogens with one attached hydrogen (secondary N) is 1. The second-order valence-electron chi connectivity index (χ2n) is 5.85. The fourth-order valence-electron chi connectivity index (χ4n) is 2.65. The Morgan fingerprint density at radius 1 is 1.15 bits per heavy atom. The lowest BCUT2D eigenvalue weighted by Crippen LogP contribution is -2.33. The van der Waals surface area contributed by atoms with Gasteiger partial charge in [-0.15, -0.1) is 0 Å². The molecule has 2 aromatic carbocycles. The van der Waals surface area contributed by atoms with Crippen molar-refractivity contribution in [1.82, 2.24) is 0 Å². The third-order valence-corrected chi connectivity index (χ3v) is 5.12. The Labute approximate surface area is 154 Å². The topological polar surface area (TPSA) is 75.7 Å². The summed E-state index contributed by atoms with van der Waals surface area (Å²) in [6.45, 7) is 2.04. The average molecular weight is 376 g/mol. The minimum atomic E-state index is -3.50. The van der Waals surface area contributed by atoms with Crippen LogP contribution in [0.3, 0.4) is 0 Å². The highest BCUT2D eigenvalue weighted by atomic mass is 32.2. The van der Waals surface area contributed by atoms with Crippen LogP contribution in [0.4, 0.5) is 11.4 Å². The largest absolute Gasteiger partial charge is 0.497 e. The predicted molar refractivity (Wildman–Crippen MR) is 104 cm³/mol. The number of hydrogen-bond donors (Lipinski definition) is 1. The van der Waals surface area contributed by atoms with Crippen LogP contribution in [0.5, 0.6) is 5.75 Å². The average Bonchev–Trinajstić information content (AvgIpc) is 2.61. The van der Waals surface area contributed by atoms with Gasteiger partial charge in [-0.1, -0.05) is 31.2 Å². The van der Waals surface area contributed by atoms with Crippen LogP contribution in [-0.2, 0) is 21.2 Å². The van der Waals surface area contributed by atoms with Crippen LogP contribution in [0.25, 0.3) is 0 Å². The number of aryl methyl sites for hydroxylation is 1. The maximum absolute atomic E-state index is 12.3. The lowest BCUT2D eigenvalue weighted by molar-refractivity contribution is -0.116. The molecule has 0 bridgehead atoms. The summed E-state index contributed by atoms with van der Waals surface area (Å²) in [7, 11) is -1.94. The fourth-order valence-corrected chi connectivity index (χ4v) is 3.60. The van der Waals surface area contributed by atoms with Gasteiger partial charge in [0.2, 0.25) is 15.9 Å². The molecule has 0 saturated carbocycles. The lowest BCUT2D eigenvalue weighted by atomic mass is 10.1. The van der Waals surface area contributed by atoms with E-state index in [2.05, 4.69) is 5.32 Å². The van der Waals surface area contributed by atoms with E-state index < -0.39 is 10.0 Å². The first-order chi connectivity index (χ1) is 12.3. The number of para-hydroxylation sites is 1. The van der Waals surface area contributed by atoms with E-state index >= 15 is 0 Å². The van der Waals surface area contributed by atoms with Crippen molar-refractivity contribution in [3.8, 4) is 5.75 Å². The molecule has 0 radical (unpaired) electrons. The van der Waals surface area contributed by atoms with Gasteiger partial charge in [0.25, 0.3) is 0 Å². The molecule has 0 aliphatic rings. The minimum Gasteiger partial charge on any atom is -0.497 e. The van der Waals surface area contributed by atoms with Crippen LogP contribution < -0.4 is 14.4 Å². The van der Waals surface area contributed by atoms with Crippen LogP contribution in [0.2, 0.25) is 0 Å². The van der Waals surface area contributed by atoms with E-state index in [0.29, 0.717) is 23.5 Å². The van der Waals surface area contributed by atoms with Crippen molar-refractivity contribution in [3.05, 3.63) is 54.1 Å². The minimum absolute atomic E-state index is 0.0440. The van der Waals surface area contributed by atoms with Crippen molar-refractivity contribution >= 4 is 27.3 Å². The third kappa shape index (κ3) is 5.23. The van der Waals surface area contributed by atoms with Gasteiger partial charge in [-0.2, -0.15) is 0 Å². The number of sulfonamides is 1. The molecule has 140 valence electrons. The first kappa shape index (κ1) is 19.8. The molecule has 0 aliphatic heterocycles. The Balaban J connectivity index is 2.11. The Morgan fingerprint density at radius 2 is 1.88 bits per heavy atom. The highest BCUT2D eigenvalue weighted by molar-refractivity contribution is 7.92. The molecule has 1 N–H and O–H groups in total. The quantitative estimate of drug-likeness (QED) is 0.768. The van der Waals surface area contributed by atoms with E-state index in [4.69, 9.17) is 4.74 Å². The molecule has 0 atom stereocenters. The number of ether oxygens (including phenoxy) is 1. The molecule has 0 fully saturated rings. The number of hydrogen-bond acceptors (Lipinski definition) is 4. The van der Waals surface area contributed by atoms with E-state index in [1.54, 1.807) is 43.5 Å². The standard InChI is InChI=1S/C19H24N2O4S/c1-4-15-8-5-6-11-18(15)21(26(3,23)24)13-12-19(22)20-16-9-7-10-17(14-16)25-2/h5-11,14H,4,12-13H2,1-3H3,(H,20,22). The number of benzene rings is 2. The van der Waals surface area contributed by atoms with Crippen LogP contribution in [-0.4, -0.2) is 34.2 Å². The molecule has 0 saturated heterocycles. The molecule has 0 unspecified atom stereocenters. The molecule has 2 rings (SSSR count). The third-order valence-electron chi connectivity index (χ3n) is 3.94. The summed E-state index contributed by atoms with van der Waals surface area (Å²) >= 11 is 0. The summed E-state index contributed by atoms with van der Waals surface area (Å²) < 4.78 is 30.9. The monoisotopic (exact) mass is 376 g/mol. The molecule has 0 heterocycles. The Hall–Kier alpha value is -2.54. The van der Waals surface area contributed by atoms with Gasteiger partial charge < -0.3 is 10.1 Å². The van der Waals surface area contributed by atoms with Crippen molar-refractivity contribution in [1.29, 1.82) is 0 Å². The fraction of sp³-hybridized carbons (Fsp3) is 0.316. The zero-order chi connectivity index (χ0) is 19.2. The van der Waals surface area contributed by atoms with Gasteiger partial charge in [0.05, 0.1) is 19.1 Å². The zero-order valence-corrected chi connectivity index (χ0v) is 16.0. The van der Waals surface area contributed by atoms with Gasteiger partial charge in [0.1, 0.15) is 5.75 Å². The second-order valence-corrected chi connectivity index (χ2v) is 7.75. The summed E-state index contributed by atoms with van der Waals surface area (Å²) in [5.41, 5.74) is 2.15. The molecule has 0 aliphatic carbocycles. The molecule has 0 aromatic heterocycles. The summed E-state index contributed by atoms with van der Waals surface area (Å²) in [6, 6.07) is 14.3. The van der Waals surface area contributed by atoms with Crippen molar-refractivity contribution < 1.29 is 17.9 Å². The van der Waals surface area contributed by atoms with Gasteiger partial charge in [-0.25, -0.2) is 8.42 Å². The number of nitrogens with zero attached hydrogens (tertiary/aromatic N) is 1. The molecular formula is C19H24N2O4S. The number of carbonyl (C=O) groups excluding carboxylic acids is 1. The Kier molecular flexibility index (Phi) is 6.63. The van der Waals surface area contributed by atoms with Crippen LogP contribution in [0, 0.1) is 0 Å². The van der Waals surface area contributed by atoms with E-state index in [1.807, 2.05) is 19.1 Å². The molecule has 1 amide bonds. The SMILES string of the molecule is CCc1ccccc1N(CCC(=O)Nc1cccc(OC)c1)S(C)(=O)=O. The summed E-state index contributed by atoms with van der Waals surface area (Å²) in [5, 5.41) is 2.76. The van der Waals surface area contributed by atoms with Crippen molar-refractivity contribution in [2.45, 2.75) is 19.8 Å². The molecule has 26 heavy (non-hydrogen) atoms. The second kappa shape index (κ2) is 8.71. The van der Waals surface area contributed by atoms with Gasteiger partial charge in [0, 0.05) is 24.7 Å². The smallest absolute Gasteiger partial charge is 0.232 e. The van der Waals surface area contributed by atoms with E-state index in [0.717, 1.165) is 11.8 Å². The van der Waals surface area contributed by atoms with Crippen LogP contribution in [0.15, 0.2) is 48.5 Å². The number of amides is 1. The van der Waals surface area contributed by atoms with Crippen molar-refractivity contribution in [3.63, 3.8) is 0 Å². The van der Waals surface area contributed by atoms with Gasteiger partial charge in [0.15, 0.2) is 0 Å². The van der Waals surface area contributed by atoms with E-state index in [1.165, 1.54) is 4.31 Å². The molecule has 0 spiro atoms. The van der Waals surface area contributed by atoms with Crippen molar-refractivity contribution in [2.75, 3.05) is 29.5 Å². The maximum atomic E-state index is 12.3. The van der Waals surface area contributed by atoms with Crippen molar-refractivity contribution in [2.24, 2.45) is 0 Å². The predicted octanol–water partition coefficient (Wildman–Crippen LogP) is 3.05. The van der Waals surface area contributed by atoms with Gasteiger partial charge in [-0.05, 0) is 30.2 Å². The molecular weight excluding hydrogens is 352 g/mol. The molecule has 7 heteroatoms. The molecule has 6 nitrogen and oxygen atoms in total. The highest BCUT2D eigenvalue weighted by Crippen LogP contribution is 2.24. The summed E-state index contributed by atoms with van der Waals surface area (Å²) in [5.74, 6) is 0.373. The van der Waals surface area contributed by atoms with Crippen LogP contribution >= 0.6 is 0 Å². The number of carbonyl (C=O) groups is 1. The van der Waals surface area contributed by atoms with Gasteiger partial charge in [-0.3, -0.25) is 9.10 Å². The highest BCUT2D eigenvalue weighted by Gasteiger charge is 2.20. The maximum Gasteiger partial charge on any atom is 0.232 e. The lowest BCUT2D eigenvalue weighted by Gasteiger charge is -2.24. The molecule has 2 aromatic rings. The van der Waals surface area contributed by atoms with E-state index in [9.17, 15) is 13.2 Å².